The first-order valence-corrected chi connectivity index (χ1v) is 11.3. The first-order chi connectivity index (χ1) is 12.6. The van der Waals surface area contributed by atoms with Gasteiger partial charge in [0, 0.05) is 11.5 Å². The molecule has 0 amide bonds. The molecule has 4 nitrogen and oxygen atoms in total. The molecule has 1 saturated heterocycles. The van der Waals surface area contributed by atoms with E-state index in [9.17, 15) is 9.59 Å². The molecular weight excluding hydrogens is 368 g/mol. The minimum absolute atomic E-state index is 0.00184. The monoisotopic (exact) mass is 392 g/mol. The van der Waals surface area contributed by atoms with Crippen LogP contribution in [0.4, 0.5) is 0 Å². The van der Waals surface area contributed by atoms with Gasteiger partial charge >= 0.3 is 11.9 Å². The Hall–Kier alpha value is -1.14. The van der Waals surface area contributed by atoms with E-state index in [1.807, 2.05) is 0 Å². The molecule has 1 aliphatic heterocycles. The molecule has 2 atom stereocenters. The van der Waals surface area contributed by atoms with Crippen LogP contribution in [0.25, 0.3) is 0 Å². The number of rotatable bonds is 3. The van der Waals surface area contributed by atoms with Crippen LogP contribution in [-0.2, 0) is 9.53 Å². The zero-order valence-corrected chi connectivity index (χ0v) is 16.6. The highest BCUT2D eigenvalue weighted by Crippen LogP contribution is 2.64. The Labute approximate surface area is 162 Å². The number of carbonyl (C=O) groups excluding carboxylic acids is 2. The maximum Gasteiger partial charge on any atom is 0.337 e. The molecule has 6 heteroatoms. The van der Waals surface area contributed by atoms with Gasteiger partial charge in [0.15, 0.2) is 0 Å². The van der Waals surface area contributed by atoms with Gasteiger partial charge in [0.2, 0.25) is 0 Å². The molecule has 0 radical (unpaired) electrons. The maximum atomic E-state index is 12.7. The Morgan fingerprint density at radius 2 is 1.65 bits per heavy atom. The van der Waals surface area contributed by atoms with E-state index >= 15 is 0 Å². The number of thioether (sulfide) groups is 2. The van der Waals surface area contributed by atoms with Gasteiger partial charge in [0.25, 0.3) is 0 Å². The van der Waals surface area contributed by atoms with Gasteiger partial charge in [-0.25, -0.2) is 4.79 Å². The molecule has 2 aliphatic carbocycles. The second-order valence-corrected chi connectivity index (χ2v) is 10.4. The van der Waals surface area contributed by atoms with Crippen molar-refractivity contribution in [2.24, 2.45) is 17.8 Å². The van der Waals surface area contributed by atoms with Crippen molar-refractivity contribution in [3.63, 3.8) is 0 Å². The average molecular weight is 393 g/mol. The van der Waals surface area contributed by atoms with E-state index in [4.69, 9.17) is 4.74 Å². The summed E-state index contributed by atoms with van der Waals surface area (Å²) in [5.74, 6) is 3.75. The third-order valence-corrected chi connectivity index (χ3v) is 9.96. The van der Waals surface area contributed by atoms with Crippen molar-refractivity contribution < 1.29 is 19.1 Å². The van der Waals surface area contributed by atoms with E-state index in [-0.39, 0.29) is 17.9 Å². The normalized spacial score (nSPS) is 29.3. The Morgan fingerprint density at radius 1 is 1.04 bits per heavy atom. The predicted octanol–water partition coefficient (Wildman–Crippen LogP) is 4.38. The van der Waals surface area contributed by atoms with Crippen molar-refractivity contribution in [2.45, 2.75) is 36.2 Å². The van der Waals surface area contributed by atoms with Crippen LogP contribution in [-0.4, -0.2) is 34.6 Å². The van der Waals surface area contributed by atoms with Gasteiger partial charge in [0.1, 0.15) is 5.75 Å². The first-order valence-electron chi connectivity index (χ1n) is 9.30. The SMILES string of the molecule is COC(=O)c1ccc(OC(=O)C2C[C@H]3CCC[C@H](C2)C32SCCS2)cc1. The van der Waals surface area contributed by atoms with Gasteiger partial charge in [0.05, 0.1) is 22.7 Å². The Kier molecular flexibility index (Phi) is 5.24. The van der Waals surface area contributed by atoms with E-state index in [0.29, 0.717) is 27.2 Å². The largest absolute Gasteiger partial charge is 0.465 e. The molecule has 1 aromatic rings. The van der Waals surface area contributed by atoms with E-state index in [1.54, 1.807) is 24.3 Å². The highest BCUT2D eigenvalue weighted by Gasteiger charge is 2.55. The number of hydrogen-bond donors (Lipinski definition) is 0. The van der Waals surface area contributed by atoms with Crippen molar-refractivity contribution in [1.82, 2.24) is 0 Å². The van der Waals surface area contributed by atoms with E-state index in [0.717, 1.165) is 12.8 Å². The minimum atomic E-state index is -0.389. The smallest absolute Gasteiger partial charge is 0.337 e. The lowest BCUT2D eigenvalue weighted by molar-refractivity contribution is -0.141. The molecule has 0 aromatic heterocycles. The zero-order valence-electron chi connectivity index (χ0n) is 14.9. The molecule has 1 spiro atoms. The fourth-order valence-electron chi connectivity index (χ4n) is 4.78. The summed E-state index contributed by atoms with van der Waals surface area (Å²) in [6.07, 6.45) is 5.70. The van der Waals surface area contributed by atoms with Crippen LogP contribution in [0.1, 0.15) is 42.5 Å². The molecule has 26 heavy (non-hydrogen) atoms. The number of benzene rings is 1. The van der Waals surface area contributed by atoms with Crippen LogP contribution in [0.15, 0.2) is 24.3 Å². The molecule has 2 saturated carbocycles. The van der Waals surface area contributed by atoms with Crippen molar-refractivity contribution in [3.05, 3.63) is 29.8 Å². The summed E-state index contributed by atoms with van der Waals surface area (Å²) < 4.78 is 10.7. The molecule has 1 heterocycles. The third kappa shape index (κ3) is 3.26. The molecular formula is C20H24O4S2. The summed E-state index contributed by atoms with van der Waals surface area (Å²) in [4.78, 5) is 24.2. The molecule has 3 fully saturated rings. The molecule has 0 unspecified atom stereocenters. The Balaban J connectivity index is 1.42. The van der Waals surface area contributed by atoms with Gasteiger partial charge < -0.3 is 9.47 Å². The van der Waals surface area contributed by atoms with Crippen LogP contribution >= 0.6 is 23.5 Å². The van der Waals surface area contributed by atoms with Crippen LogP contribution in [0, 0.1) is 17.8 Å². The maximum absolute atomic E-state index is 12.7. The number of ether oxygens (including phenoxy) is 2. The summed E-state index contributed by atoms with van der Waals surface area (Å²) in [6.45, 7) is 0. The molecule has 3 aliphatic rings. The second kappa shape index (κ2) is 7.47. The van der Waals surface area contributed by atoms with E-state index in [2.05, 4.69) is 28.3 Å². The first kappa shape index (κ1) is 18.2. The van der Waals surface area contributed by atoms with Crippen LogP contribution in [0.2, 0.25) is 0 Å². The Morgan fingerprint density at radius 3 is 2.23 bits per heavy atom. The zero-order chi connectivity index (χ0) is 18.1. The quantitative estimate of drug-likeness (QED) is 0.562. The van der Waals surface area contributed by atoms with Crippen molar-refractivity contribution in [3.8, 4) is 5.75 Å². The van der Waals surface area contributed by atoms with Gasteiger partial charge in [-0.3, -0.25) is 4.79 Å². The summed E-state index contributed by atoms with van der Waals surface area (Å²) >= 11 is 4.30. The lowest BCUT2D eigenvalue weighted by Gasteiger charge is -2.51. The number of esters is 2. The molecule has 140 valence electrons. The van der Waals surface area contributed by atoms with Gasteiger partial charge in [-0.15, -0.1) is 23.5 Å². The fourth-order valence-corrected chi connectivity index (χ4v) is 8.72. The van der Waals surface area contributed by atoms with Crippen LogP contribution in [0.5, 0.6) is 5.75 Å². The molecule has 2 bridgehead atoms. The van der Waals surface area contributed by atoms with Crippen molar-refractivity contribution >= 4 is 35.5 Å². The average Bonchev–Trinajstić information content (AvgIpc) is 3.11. The highest BCUT2D eigenvalue weighted by atomic mass is 32.2. The Bertz CT molecular complexity index is 666. The van der Waals surface area contributed by atoms with Gasteiger partial charge in [-0.05, 0) is 61.8 Å². The number of hydrogen-bond acceptors (Lipinski definition) is 6. The molecule has 1 aromatic carbocycles. The summed E-state index contributed by atoms with van der Waals surface area (Å²) in [7, 11) is 1.35. The van der Waals surface area contributed by atoms with Crippen molar-refractivity contribution in [2.75, 3.05) is 18.6 Å². The lowest BCUT2D eigenvalue weighted by Crippen LogP contribution is -2.48. The second-order valence-electron chi connectivity index (χ2n) is 7.35. The lowest BCUT2D eigenvalue weighted by atomic mass is 9.67. The summed E-state index contributed by atoms with van der Waals surface area (Å²) in [5.41, 5.74) is 0.455. The predicted molar refractivity (Wildman–Crippen MR) is 105 cm³/mol. The third-order valence-electron chi connectivity index (χ3n) is 5.95. The topological polar surface area (TPSA) is 52.6 Å². The van der Waals surface area contributed by atoms with Crippen molar-refractivity contribution in [1.29, 1.82) is 0 Å². The van der Waals surface area contributed by atoms with Gasteiger partial charge in [-0.2, -0.15) is 0 Å². The minimum Gasteiger partial charge on any atom is -0.465 e. The van der Waals surface area contributed by atoms with E-state index < -0.39 is 0 Å². The molecule has 4 rings (SSSR count). The molecule has 0 N–H and O–H groups in total. The van der Waals surface area contributed by atoms with Gasteiger partial charge in [-0.1, -0.05) is 6.42 Å². The fraction of sp³-hybridized carbons (Fsp3) is 0.600. The van der Waals surface area contributed by atoms with Crippen LogP contribution < -0.4 is 4.74 Å². The number of carbonyl (C=O) groups is 2. The van der Waals surface area contributed by atoms with Crippen LogP contribution in [0.3, 0.4) is 0 Å². The highest BCUT2D eigenvalue weighted by molar-refractivity contribution is 8.21. The standard InChI is InChI=1S/C20H24O4S2/c1-23-18(21)13-5-7-17(8-6-13)24-19(22)14-11-15-3-2-4-16(12-14)20(15)25-9-10-26-20/h5-8,14-16H,2-4,9-12H2,1H3/t15-,16-/m1/s1. The number of methoxy groups -OCH3 is 1. The summed E-state index contributed by atoms with van der Waals surface area (Å²) in [5, 5.41) is 0. The summed E-state index contributed by atoms with van der Waals surface area (Å²) in [6, 6.07) is 6.59. The van der Waals surface area contributed by atoms with E-state index in [1.165, 1.54) is 37.9 Å².